The number of imidazole rings is 4. The highest BCUT2D eigenvalue weighted by Gasteiger charge is 2.21. The van der Waals surface area contributed by atoms with E-state index in [1.54, 1.807) is 32.3 Å². The topological polar surface area (TPSA) is 331 Å². The molecule has 1 aliphatic rings. The lowest BCUT2D eigenvalue weighted by atomic mass is 10.4. The van der Waals surface area contributed by atoms with Crippen LogP contribution in [0.25, 0.3) is 0 Å². The Labute approximate surface area is 336 Å². The van der Waals surface area contributed by atoms with Gasteiger partial charge in [0, 0.05) is 46.2 Å². The van der Waals surface area contributed by atoms with Gasteiger partial charge in [-0.1, -0.05) is 6.92 Å². The predicted molar refractivity (Wildman–Crippen MR) is 205 cm³/mol. The first-order chi connectivity index (χ1) is 27.4. The predicted octanol–water partition coefficient (Wildman–Crippen LogP) is 1.45. The van der Waals surface area contributed by atoms with Gasteiger partial charge in [-0.25, -0.2) is 46.6 Å². The van der Waals surface area contributed by atoms with Crippen molar-refractivity contribution in [1.29, 1.82) is 0 Å². The molecular weight excluding hydrogens is 818 g/mol. The van der Waals surface area contributed by atoms with Gasteiger partial charge in [0.1, 0.15) is 57.1 Å². The van der Waals surface area contributed by atoms with Crippen molar-refractivity contribution in [1.82, 2.24) is 43.1 Å². The molecule has 1 aliphatic heterocycles. The number of hydrogen-bond acceptors (Lipinski definition) is 18. The Hall–Kier alpha value is -5.48. The molecule has 4 aromatic rings. The molecule has 0 bridgehead atoms. The van der Waals surface area contributed by atoms with E-state index in [0.717, 1.165) is 45.2 Å². The van der Waals surface area contributed by atoms with Crippen LogP contribution < -0.4 is 0 Å². The molecule has 0 spiro atoms. The van der Waals surface area contributed by atoms with Gasteiger partial charge in [-0.05, 0) is 19.7 Å². The van der Waals surface area contributed by atoms with Gasteiger partial charge < -0.3 is 55.4 Å². The highest BCUT2D eigenvalue weighted by Crippen LogP contribution is 2.16. The van der Waals surface area contributed by atoms with Crippen molar-refractivity contribution in [2.75, 3.05) is 56.8 Å². The highest BCUT2D eigenvalue weighted by atomic mass is 35.5. The molecule has 0 amide bonds. The number of aliphatic hydroxyl groups is 2. The molecule has 0 saturated carbocycles. The maximum Gasteiger partial charge on any atom is 0.342 e. The van der Waals surface area contributed by atoms with Crippen LogP contribution in [0.3, 0.4) is 0 Å². The van der Waals surface area contributed by atoms with Crippen molar-refractivity contribution < 1.29 is 43.1 Å². The molecule has 0 aliphatic carbocycles. The van der Waals surface area contributed by atoms with Crippen LogP contribution in [0.4, 0.5) is 23.3 Å². The Bertz CT molecular complexity index is 2060. The van der Waals surface area contributed by atoms with Crippen molar-refractivity contribution in [3.05, 3.63) is 89.0 Å². The van der Waals surface area contributed by atoms with Crippen LogP contribution in [-0.2, 0) is 40.8 Å². The number of morpholine rings is 1. The minimum atomic E-state index is -3.13. The Morgan fingerprint density at radius 2 is 1.22 bits per heavy atom. The van der Waals surface area contributed by atoms with Crippen LogP contribution in [0, 0.1) is 61.2 Å². The molecule has 5 heterocycles. The first-order valence-corrected chi connectivity index (χ1v) is 19.7. The molecule has 4 aromatic heterocycles. The molecule has 58 heavy (non-hydrogen) atoms. The van der Waals surface area contributed by atoms with Crippen molar-refractivity contribution >= 4 is 44.7 Å². The third-order valence-electron chi connectivity index (χ3n) is 8.26. The third-order valence-corrected chi connectivity index (χ3v) is 10.3. The molecule has 26 nitrogen and oxygen atoms in total. The number of sulfone groups is 1. The van der Waals surface area contributed by atoms with Crippen molar-refractivity contribution in [3.63, 3.8) is 0 Å². The van der Waals surface area contributed by atoms with E-state index in [2.05, 4.69) is 24.8 Å². The lowest BCUT2D eigenvalue weighted by Crippen LogP contribution is -2.38. The summed E-state index contributed by atoms with van der Waals surface area (Å²) >= 11 is 5.40. The first-order valence-electron chi connectivity index (χ1n) is 17.4. The van der Waals surface area contributed by atoms with Crippen molar-refractivity contribution in [3.8, 4) is 0 Å². The standard InChI is InChI=1S/C9H14N4O3.C8H13N3O4S.C7H10ClN3O3.C6H9N3O3/c14-13(15)9-7-10-8-12(9)2-1-11-3-5-16-6-4-11;1-3-16(14,15)5-4-10-7(2)9-6-8(10)11(12)13;1-5-9-3-7(11(13)14)10(5)4-6(12)2-8;1-5-7-4-6(9(11)12)8(5)2-3-10/h7-8H,1-6H2;6H,3-5H2,1-2H3;3,6,12H,2,4H2,1H3;4,10H,2-3H2,1H3. The minimum absolute atomic E-state index is 0.0363. The molecule has 322 valence electrons. The number of alkyl halides is 1. The lowest BCUT2D eigenvalue weighted by molar-refractivity contribution is -0.392. The van der Waals surface area contributed by atoms with E-state index in [0.29, 0.717) is 24.0 Å². The second-order valence-electron chi connectivity index (χ2n) is 12.1. The Morgan fingerprint density at radius 1 is 0.759 bits per heavy atom. The van der Waals surface area contributed by atoms with E-state index >= 15 is 0 Å². The van der Waals surface area contributed by atoms with E-state index in [1.165, 1.54) is 32.4 Å². The van der Waals surface area contributed by atoms with E-state index in [9.17, 15) is 54.0 Å². The van der Waals surface area contributed by atoms with Crippen LogP contribution in [-0.4, -0.2) is 144 Å². The number of aromatic nitrogens is 8. The number of halogens is 1. The molecule has 5 rings (SSSR count). The number of ether oxygens (including phenoxy) is 1. The minimum Gasteiger partial charge on any atom is -0.392 e. The molecule has 0 radical (unpaired) electrons. The number of aliphatic hydroxyl groups excluding tert-OH is 2. The van der Waals surface area contributed by atoms with Gasteiger partial charge in [-0.2, -0.15) is 0 Å². The maximum absolute atomic E-state index is 11.3. The summed E-state index contributed by atoms with van der Waals surface area (Å²) in [5, 5.41) is 60.0. The summed E-state index contributed by atoms with van der Waals surface area (Å²) in [5.74, 6) is 1.09. The Morgan fingerprint density at radius 3 is 1.67 bits per heavy atom. The van der Waals surface area contributed by atoms with Crippen LogP contribution in [0.5, 0.6) is 0 Å². The van der Waals surface area contributed by atoms with Crippen molar-refractivity contribution in [2.24, 2.45) is 0 Å². The smallest absolute Gasteiger partial charge is 0.342 e. The number of rotatable bonds is 16. The summed E-state index contributed by atoms with van der Waals surface area (Å²) < 4.78 is 33.3. The zero-order valence-corrected chi connectivity index (χ0v) is 33.7. The Kier molecular flexibility index (Phi) is 19.9. The SMILES string of the molecule is CCS(=O)(=O)CCn1c([N+](=O)[O-])cnc1C.Cc1ncc([N+](=O)[O-])n1CC(O)CCl.Cc1ncc([N+](=O)[O-])n1CCO.O=[N+]([O-])c1cncn1CCN1CCOCC1. The number of hydrogen-bond donors (Lipinski definition) is 2. The van der Waals surface area contributed by atoms with Gasteiger partial charge in [-0.15, -0.1) is 11.6 Å². The highest BCUT2D eigenvalue weighted by molar-refractivity contribution is 7.91. The molecule has 1 saturated heterocycles. The average molecular weight is 864 g/mol. The van der Waals surface area contributed by atoms with Crippen molar-refractivity contribution in [2.45, 2.75) is 60.0 Å². The van der Waals surface area contributed by atoms with Gasteiger partial charge >= 0.3 is 23.3 Å². The molecule has 1 unspecified atom stereocenters. The van der Waals surface area contributed by atoms with E-state index in [1.807, 2.05) is 0 Å². The summed E-state index contributed by atoms with van der Waals surface area (Å²) in [6.07, 6.45) is 5.45. The fraction of sp³-hybridized carbons (Fsp3) is 0.600. The van der Waals surface area contributed by atoms with Crippen LogP contribution in [0.2, 0.25) is 0 Å². The van der Waals surface area contributed by atoms with E-state index < -0.39 is 35.6 Å². The fourth-order valence-electron chi connectivity index (χ4n) is 5.03. The maximum atomic E-state index is 11.3. The van der Waals surface area contributed by atoms with E-state index in [-0.39, 0.29) is 66.9 Å². The summed E-state index contributed by atoms with van der Waals surface area (Å²) in [7, 11) is -3.13. The third kappa shape index (κ3) is 15.1. The van der Waals surface area contributed by atoms with Gasteiger partial charge in [0.2, 0.25) is 0 Å². The summed E-state index contributed by atoms with van der Waals surface area (Å²) in [4.78, 5) is 57.5. The van der Waals surface area contributed by atoms with Gasteiger partial charge in [0.15, 0.2) is 33.6 Å². The number of nitrogens with zero attached hydrogens (tertiary/aromatic N) is 13. The molecule has 1 fully saturated rings. The first kappa shape index (κ1) is 48.7. The van der Waals surface area contributed by atoms with Crippen LogP contribution in [0.1, 0.15) is 24.4 Å². The average Bonchev–Trinajstić information content (AvgIpc) is 3.98. The van der Waals surface area contributed by atoms with Crippen LogP contribution in [0.15, 0.2) is 31.1 Å². The molecular formula is C30H46ClN13O13S. The number of nitro groups is 4. The second kappa shape index (κ2) is 23.7. The van der Waals surface area contributed by atoms with Crippen LogP contribution >= 0.6 is 11.6 Å². The quantitative estimate of drug-likeness (QED) is 0.0914. The monoisotopic (exact) mass is 863 g/mol. The fourth-order valence-corrected chi connectivity index (χ4v) is 5.88. The zero-order valence-electron chi connectivity index (χ0n) is 32.1. The zero-order chi connectivity index (χ0) is 43.6. The molecule has 0 aromatic carbocycles. The molecule has 2 N–H and O–H groups in total. The normalized spacial score (nSPS) is 13.2. The van der Waals surface area contributed by atoms with Gasteiger partial charge in [0.05, 0.1) is 31.5 Å². The molecule has 1 atom stereocenters. The van der Waals surface area contributed by atoms with Gasteiger partial charge in [0.25, 0.3) is 0 Å². The summed E-state index contributed by atoms with van der Waals surface area (Å²) in [6.45, 7) is 11.3. The van der Waals surface area contributed by atoms with Gasteiger partial charge in [-0.3, -0.25) is 4.90 Å². The Balaban J connectivity index is 0.000000268. The largest absolute Gasteiger partial charge is 0.392 e. The van der Waals surface area contributed by atoms with E-state index in [4.69, 9.17) is 21.4 Å². The second-order valence-corrected chi connectivity index (χ2v) is 14.9. The summed E-state index contributed by atoms with van der Waals surface area (Å²) in [6, 6.07) is 0. The molecule has 28 heteroatoms. The summed E-state index contributed by atoms with van der Waals surface area (Å²) in [5.41, 5.74) is 0. The lowest BCUT2D eigenvalue weighted by Gasteiger charge is -2.25. The number of aryl methyl sites for hydroxylation is 3.